The van der Waals surface area contributed by atoms with Crippen molar-refractivity contribution in [3.8, 4) is 11.5 Å². The van der Waals surface area contributed by atoms with Crippen LogP contribution in [0.25, 0.3) is 10.9 Å². The maximum Gasteiger partial charge on any atom is 0.282 e. The van der Waals surface area contributed by atoms with E-state index in [4.69, 9.17) is 14.5 Å². The first-order valence-electron chi connectivity index (χ1n) is 12.3. The Bertz CT molecular complexity index is 1560. The van der Waals surface area contributed by atoms with Gasteiger partial charge in [0.1, 0.15) is 18.2 Å². The molecule has 0 unspecified atom stereocenters. The molecule has 4 aromatic rings. The number of rotatable bonds is 10. The summed E-state index contributed by atoms with van der Waals surface area (Å²) in [4.78, 5) is 18.2. The summed E-state index contributed by atoms with van der Waals surface area (Å²) in [6, 6.07) is 15.6. The number of benzene rings is 3. The van der Waals surface area contributed by atoms with E-state index < -0.39 is 0 Å². The molecule has 0 aliphatic heterocycles. The number of aromatic nitrogens is 2. The van der Waals surface area contributed by atoms with E-state index in [2.05, 4.69) is 27.6 Å². The van der Waals surface area contributed by atoms with Crippen molar-refractivity contribution in [2.45, 2.75) is 39.2 Å². The zero-order valence-corrected chi connectivity index (χ0v) is 23.2. The summed E-state index contributed by atoms with van der Waals surface area (Å²) in [5.41, 5.74) is 2.33. The molecule has 0 aliphatic carbocycles. The Labute approximate surface area is 229 Å². The standard InChI is InChI=1S/C30H29BrFN3O3/c1-5-9-21-14-20(15-27(37-4)28(21)38-18-22-10-7-8-11-25(22)32)17-33-35-29(19(3)6-2)34-26-13-12-23(31)16-24(26)30(35)36/h5,7-8,10-17,19H,1,6,9,18H2,2-4H3/t19-/m1/s1. The second-order valence-electron chi connectivity index (χ2n) is 8.89. The van der Waals surface area contributed by atoms with E-state index in [1.54, 1.807) is 49.7 Å². The number of methoxy groups -OCH3 is 1. The molecule has 3 aromatic carbocycles. The molecule has 6 nitrogen and oxygen atoms in total. The summed E-state index contributed by atoms with van der Waals surface area (Å²) >= 11 is 3.44. The molecule has 196 valence electrons. The molecule has 0 saturated heterocycles. The summed E-state index contributed by atoms with van der Waals surface area (Å²) in [6.07, 6.45) is 4.65. The lowest BCUT2D eigenvalue weighted by Gasteiger charge is -2.16. The smallest absolute Gasteiger partial charge is 0.282 e. The highest BCUT2D eigenvalue weighted by Crippen LogP contribution is 2.34. The molecule has 0 amide bonds. The molecule has 0 aliphatic rings. The molecule has 0 spiro atoms. The van der Waals surface area contributed by atoms with Gasteiger partial charge in [-0.25, -0.2) is 9.37 Å². The normalized spacial score (nSPS) is 12.1. The van der Waals surface area contributed by atoms with Crippen LogP contribution >= 0.6 is 15.9 Å². The van der Waals surface area contributed by atoms with Crippen LogP contribution in [-0.2, 0) is 13.0 Å². The lowest BCUT2D eigenvalue weighted by Crippen LogP contribution is -2.23. The second-order valence-corrected chi connectivity index (χ2v) is 9.80. The molecule has 0 saturated carbocycles. The van der Waals surface area contributed by atoms with Crippen molar-refractivity contribution < 1.29 is 13.9 Å². The first kappa shape index (κ1) is 27.3. The Kier molecular flexibility index (Phi) is 8.73. The van der Waals surface area contributed by atoms with Crippen molar-refractivity contribution in [1.82, 2.24) is 9.66 Å². The molecule has 0 N–H and O–H groups in total. The largest absolute Gasteiger partial charge is 0.493 e. The van der Waals surface area contributed by atoms with Gasteiger partial charge < -0.3 is 9.47 Å². The minimum atomic E-state index is -0.334. The summed E-state index contributed by atoms with van der Waals surface area (Å²) in [5.74, 6) is 1.25. The van der Waals surface area contributed by atoms with E-state index in [9.17, 15) is 9.18 Å². The van der Waals surface area contributed by atoms with Crippen LogP contribution in [0.1, 0.15) is 48.7 Å². The minimum Gasteiger partial charge on any atom is -0.493 e. The van der Waals surface area contributed by atoms with Gasteiger partial charge in [-0.2, -0.15) is 9.78 Å². The maximum atomic E-state index is 14.1. The van der Waals surface area contributed by atoms with Crippen LogP contribution in [0, 0.1) is 5.82 Å². The number of ether oxygens (including phenoxy) is 2. The van der Waals surface area contributed by atoms with Crippen molar-refractivity contribution in [2.75, 3.05) is 7.11 Å². The number of hydrogen-bond acceptors (Lipinski definition) is 5. The van der Waals surface area contributed by atoms with Gasteiger partial charge in [-0.3, -0.25) is 4.79 Å². The van der Waals surface area contributed by atoms with E-state index >= 15 is 0 Å². The molecule has 1 atom stereocenters. The Morgan fingerprint density at radius 1 is 1.18 bits per heavy atom. The van der Waals surface area contributed by atoms with Gasteiger partial charge in [-0.1, -0.05) is 54.1 Å². The summed E-state index contributed by atoms with van der Waals surface area (Å²) < 4.78 is 27.9. The highest BCUT2D eigenvalue weighted by Gasteiger charge is 2.17. The Balaban J connectivity index is 1.76. The Hall–Kier alpha value is -3.78. The SMILES string of the molecule is C=CCc1cc(C=Nn2c([C@H](C)CC)nc3ccc(Br)cc3c2=O)cc(OC)c1OCc1ccccc1F. The Morgan fingerprint density at radius 3 is 2.68 bits per heavy atom. The van der Waals surface area contributed by atoms with E-state index in [0.717, 1.165) is 16.5 Å². The van der Waals surface area contributed by atoms with Gasteiger partial charge >= 0.3 is 0 Å². The monoisotopic (exact) mass is 577 g/mol. The van der Waals surface area contributed by atoms with Crippen LogP contribution < -0.4 is 15.0 Å². The fraction of sp³-hybridized carbons (Fsp3) is 0.233. The molecule has 38 heavy (non-hydrogen) atoms. The number of halogens is 2. The van der Waals surface area contributed by atoms with E-state index in [0.29, 0.717) is 45.8 Å². The average Bonchev–Trinajstić information content (AvgIpc) is 2.92. The lowest BCUT2D eigenvalue weighted by molar-refractivity contribution is 0.277. The third-order valence-corrected chi connectivity index (χ3v) is 6.77. The van der Waals surface area contributed by atoms with Crippen molar-refractivity contribution in [3.63, 3.8) is 0 Å². The first-order valence-corrected chi connectivity index (χ1v) is 13.1. The van der Waals surface area contributed by atoms with Gasteiger partial charge in [0.15, 0.2) is 11.5 Å². The number of nitrogens with zero attached hydrogens (tertiary/aromatic N) is 3. The van der Waals surface area contributed by atoms with Crippen molar-refractivity contribution >= 4 is 33.0 Å². The van der Waals surface area contributed by atoms with Gasteiger partial charge in [0.25, 0.3) is 5.56 Å². The zero-order valence-electron chi connectivity index (χ0n) is 21.6. The lowest BCUT2D eigenvalue weighted by atomic mass is 10.1. The summed E-state index contributed by atoms with van der Waals surface area (Å²) in [6.45, 7) is 7.96. The average molecular weight is 578 g/mol. The van der Waals surface area contributed by atoms with Crippen LogP contribution in [-0.4, -0.2) is 23.0 Å². The van der Waals surface area contributed by atoms with Crippen LogP contribution in [0.4, 0.5) is 4.39 Å². The van der Waals surface area contributed by atoms with Crippen LogP contribution in [0.5, 0.6) is 11.5 Å². The van der Waals surface area contributed by atoms with E-state index in [1.165, 1.54) is 10.7 Å². The molecule has 0 bridgehead atoms. The number of hydrogen-bond donors (Lipinski definition) is 0. The van der Waals surface area contributed by atoms with Crippen molar-refractivity contribution in [3.05, 3.63) is 110 Å². The Morgan fingerprint density at radius 2 is 1.97 bits per heavy atom. The minimum absolute atomic E-state index is 0.0212. The van der Waals surface area contributed by atoms with Gasteiger partial charge in [0.05, 0.1) is 24.2 Å². The predicted molar refractivity (Wildman–Crippen MR) is 153 cm³/mol. The molecule has 8 heteroatoms. The fourth-order valence-electron chi connectivity index (χ4n) is 4.05. The third-order valence-electron chi connectivity index (χ3n) is 6.28. The molecular formula is C30H29BrFN3O3. The molecular weight excluding hydrogens is 549 g/mol. The van der Waals surface area contributed by atoms with Gasteiger partial charge in [-0.05, 0) is 54.8 Å². The predicted octanol–water partition coefficient (Wildman–Crippen LogP) is 7.01. The molecule has 1 aromatic heterocycles. The van der Waals surface area contributed by atoms with Crippen LogP contribution in [0.2, 0.25) is 0 Å². The molecule has 4 rings (SSSR count). The van der Waals surface area contributed by atoms with Crippen LogP contribution in [0.15, 0.2) is 81.6 Å². The van der Waals surface area contributed by atoms with Crippen molar-refractivity contribution in [2.24, 2.45) is 5.10 Å². The fourth-order valence-corrected chi connectivity index (χ4v) is 4.41. The topological polar surface area (TPSA) is 65.7 Å². The summed E-state index contributed by atoms with van der Waals surface area (Å²) in [5, 5.41) is 5.04. The van der Waals surface area contributed by atoms with Gasteiger partial charge in [0.2, 0.25) is 0 Å². The van der Waals surface area contributed by atoms with Crippen molar-refractivity contribution in [1.29, 1.82) is 0 Å². The number of allylic oxidation sites excluding steroid dienone is 1. The van der Waals surface area contributed by atoms with E-state index in [1.807, 2.05) is 32.0 Å². The highest BCUT2D eigenvalue weighted by atomic mass is 79.9. The summed E-state index contributed by atoms with van der Waals surface area (Å²) in [7, 11) is 1.54. The quantitative estimate of drug-likeness (QED) is 0.150. The first-order chi connectivity index (χ1) is 18.4. The molecule has 0 fully saturated rings. The van der Waals surface area contributed by atoms with Crippen LogP contribution in [0.3, 0.4) is 0 Å². The zero-order chi connectivity index (χ0) is 27.2. The second kappa shape index (κ2) is 12.2. The van der Waals surface area contributed by atoms with Gasteiger partial charge in [0, 0.05) is 21.5 Å². The van der Waals surface area contributed by atoms with Gasteiger partial charge in [-0.15, -0.1) is 6.58 Å². The molecule has 1 heterocycles. The third kappa shape index (κ3) is 5.86. The molecule has 0 radical (unpaired) electrons. The highest BCUT2D eigenvalue weighted by molar-refractivity contribution is 9.10. The number of fused-ring (bicyclic) bond motifs is 1. The van der Waals surface area contributed by atoms with E-state index in [-0.39, 0.29) is 23.9 Å². The maximum absolute atomic E-state index is 14.1.